The number of sulfonamides is 1. The van der Waals surface area contributed by atoms with Crippen molar-refractivity contribution in [2.45, 2.75) is 37.9 Å². The van der Waals surface area contributed by atoms with Gasteiger partial charge in [0.05, 0.1) is 12.2 Å². The molecule has 0 aliphatic carbocycles. The molecule has 1 aliphatic heterocycles. The minimum Gasteiger partial charge on any atom is -0.475 e. The van der Waals surface area contributed by atoms with E-state index in [1.165, 1.54) is 11.2 Å². The number of hydrogen-bond acceptors (Lipinski definition) is 5. The molecule has 2 atom stereocenters. The number of nitrogens with zero attached hydrogens (tertiary/aromatic N) is 1. The fourth-order valence-electron chi connectivity index (χ4n) is 2.29. The highest BCUT2D eigenvalue weighted by Gasteiger charge is 2.35. The van der Waals surface area contributed by atoms with Crippen LogP contribution in [-0.4, -0.2) is 49.1 Å². The molecule has 0 bridgehead atoms. The maximum absolute atomic E-state index is 12.6. The van der Waals surface area contributed by atoms with E-state index >= 15 is 0 Å². The normalized spacial score (nSPS) is 24.8. The highest BCUT2D eigenvalue weighted by molar-refractivity contribution is 7.89. The minimum atomic E-state index is -3.77. The number of hydrogen-bond donors (Lipinski definition) is 1. The minimum absolute atomic E-state index is 0.0780. The average molecular weight is 303 g/mol. The van der Waals surface area contributed by atoms with Gasteiger partial charge in [-0.05, 0) is 20.8 Å². The quantitative estimate of drug-likeness (QED) is 0.897. The summed E-state index contributed by atoms with van der Waals surface area (Å²) in [5.41, 5.74) is 0. The highest BCUT2D eigenvalue weighted by Crippen LogP contribution is 2.26. The number of rotatable bonds is 3. The maximum atomic E-state index is 12.6. The second kappa shape index (κ2) is 5.19. The van der Waals surface area contributed by atoms with Crippen LogP contribution in [0.15, 0.2) is 15.4 Å². The van der Waals surface area contributed by atoms with Gasteiger partial charge in [0.2, 0.25) is 15.8 Å². The largest absolute Gasteiger partial charge is 0.475 e. The average Bonchev–Trinajstić information content (AvgIpc) is 2.71. The molecule has 8 heteroatoms. The third-order valence-electron chi connectivity index (χ3n) is 3.09. The van der Waals surface area contributed by atoms with Crippen molar-refractivity contribution in [3.8, 4) is 0 Å². The van der Waals surface area contributed by atoms with Gasteiger partial charge in [0, 0.05) is 19.2 Å². The van der Waals surface area contributed by atoms with Crippen LogP contribution in [0.1, 0.15) is 30.2 Å². The van der Waals surface area contributed by atoms with E-state index in [0.29, 0.717) is 0 Å². The molecule has 7 nitrogen and oxygen atoms in total. The SMILES string of the molecule is Cc1oc(C(=O)O)cc1S(=O)(=O)N1C[C@@H](C)O[C@@H](C)C1. The second-order valence-electron chi connectivity index (χ2n) is 4.92. The summed E-state index contributed by atoms with van der Waals surface area (Å²) in [6.07, 6.45) is -0.417. The van der Waals surface area contributed by atoms with E-state index in [1.54, 1.807) is 13.8 Å². The zero-order valence-electron chi connectivity index (χ0n) is 11.5. The first-order valence-electron chi connectivity index (χ1n) is 6.21. The Morgan fingerprint density at radius 2 is 1.90 bits per heavy atom. The van der Waals surface area contributed by atoms with Crippen molar-refractivity contribution in [1.29, 1.82) is 0 Å². The lowest BCUT2D eigenvalue weighted by molar-refractivity contribution is -0.0441. The molecule has 0 radical (unpaired) electrons. The van der Waals surface area contributed by atoms with Gasteiger partial charge in [-0.25, -0.2) is 13.2 Å². The molecule has 1 aliphatic rings. The van der Waals surface area contributed by atoms with Crippen LogP contribution in [0.5, 0.6) is 0 Å². The summed E-state index contributed by atoms with van der Waals surface area (Å²) in [4.78, 5) is 10.8. The molecule has 1 aromatic heterocycles. The van der Waals surface area contributed by atoms with Gasteiger partial charge >= 0.3 is 5.97 Å². The van der Waals surface area contributed by atoms with E-state index in [9.17, 15) is 13.2 Å². The van der Waals surface area contributed by atoms with Crippen LogP contribution in [0.3, 0.4) is 0 Å². The van der Waals surface area contributed by atoms with Gasteiger partial charge in [-0.2, -0.15) is 4.31 Å². The molecule has 20 heavy (non-hydrogen) atoms. The van der Waals surface area contributed by atoms with Crippen molar-refractivity contribution in [2.24, 2.45) is 0 Å². The summed E-state index contributed by atoms with van der Waals surface area (Å²) < 4.78 is 36.9. The van der Waals surface area contributed by atoms with Crippen LogP contribution >= 0.6 is 0 Å². The number of carboxylic acids is 1. The molecule has 1 N–H and O–H groups in total. The van der Waals surface area contributed by atoms with Gasteiger partial charge in [-0.1, -0.05) is 0 Å². The third kappa shape index (κ3) is 2.72. The number of ether oxygens (including phenoxy) is 1. The molecule has 112 valence electrons. The van der Waals surface area contributed by atoms with Crippen molar-refractivity contribution < 1.29 is 27.5 Å². The van der Waals surface area contributed by atoms with Crippen molar-refractivity contribution in [1.82, 2.24) is 4.31 Å². The van der Waals surface area contributed by atoms with Gasteiger partial charge in [0.25, 0.3) is 0 Å². The molecular weight excluding hydrogens is 286 g/mol. The lowest BCUT2D eigenvalue weighted by Gasteiger charge is -2.34. The number of carboxylic acid groups (broad SMARTS) is 1. The summed E-state index contributed by atoms with van der Waals surface area (Å²) in [6.45, 7) is 5.50. The fraction of sp³-hybridized carbons (Fsp3) is 0.583. The third-order valence-corrected chi connectivity index (χ3v) is 5.03. The molecule has 2 heterocycles. The number of furan rings is 1. The lowest BCUT2D eigenvalue weighted by atomic mass is 10.3. The molecule has 1 saturated heterocycles. The summed E-state index contributed by atoms with van der Waals surface area (Å²) in [5.74, 6) is -1.59. The fourth-order valence-corrected chi connectivity index (χ4v) is 4.04. The Hall–Kier alpha value is -1.38. The molecule has 1 aromatic rings. The predicted molar refractivity (Wildman–Crippen MR) is 69.2 cm³/mol. The number of carbonyl (C=O) groups is 1. The van der Waals surface area contributed by atoms with E-state index in [0.717, 1.165) is 6.07 Å². The van der Waals surface area contributed by atoms with Crippen LogP contribution in [0, 0.1) is 6.92 Å². The first-order chi connectivity index (χ1) is 9.21. The van der Waals surface area contributed by atoms with Gasteiger partial charge in [0.15, 0.2) is 0 Å². The van der Waals surface area contributed by atoms with Crippen molar-refractivity contribution in [2.75, 3.05) is 13.1 Å². The molecule has 0 unspecified atom stereocenters. The van der Waals surface area contributed by atoms with E-state index in [4.69, 9.17) is 14.3 Å². The Morgan fingerprint density at radius 1 is 1.35 bits per heavy atom. The van der Waals surface area contributed by atoms with Crippen molar-refractivity contribution in [3.05, 3.63) is 17.6 Å². The Morgan fingerprint density at radius 3 is 2.35 bits per heavy atom. The van der Waals surface area contributed by atoms with E-state index in [2.05, 4.69) is 0 Å². The Kier molecular flexibility index (Phi) is 3.90. The summed E-state index contributed by atoms with van der Waals surface area (Å²) >= 11 is 0. The van der Waals surface area contributed by atoms with E-state index in [-0.39, 0.29) is 41.7 Å². The van der Waals surface area contributed by atoms with Crippen LogP contribution in [-0.2, 0) is 14.8 Å². The zero-order chi connectivity index (χ0) is 15.1. The number of morpholine rings is 1. The molecule has 0 saturated carbocycles. The van der Waals surface area contributed by atoms with Crippen molar-refractivity contribution >= 4 is 16.0 Å². The second-order valence-corrected chi connectivity index (χ2v) is 6.82. The van der Waals surface area contributed by atoms with Gasteiger partial charge < -0.3 is 14.3 Å². The topological polar surface area (TPSA) is 97.0 Å². The molecular formula is C12H17NO6S. The predicted octanol–water partition coefficient (Wildman–Crippen LogP) is 1.08. The lowest BCUT2D eigenvalue weighted by Crippen LogP contribution is -2.48. The first kappa shape index (κ1) is 15.0. The standard InChI is InChI=1S/C12H17NO6S/c1-7-5-13(6-8(2)18-7)20(16,17)11-4-10(12(14)15)19-9(11)3/h4,7-8H,5-6H2,1-3H3,(H,14,15)/t7-,8+. The van der Waals surface area contributed by atoms with Crippen LogP contribution < -0.4 is 0 Å². The molecule has 0 spiro atoms. The Balaban J connectivity index is 2.37. The molecule has 0 amide bonds. The van der Waals surface area contributed by atoms with Gasteiger partial charge in [-0.3, -0.25) is 0 Å². The summed E-state index contributed by atoms with van der Waals surface area (Å²) in [6, 6.07) is 1.05. The smallest absolute Gasteiger partial charge is 0.371 e. The molecule has 0 aromatic carbocycles. The Bertz CT molecular complexity index is 610. The summed E-state index contributed by atoms with van der Waals surface area (Å²) in [5, 5.41) is 8.86. The maximum Gasteiger partial charge on any atom is 0.371 e. The van der Waals surface area contributed by atoms with Crippen LogP contribution in [0.2, 0.25) is 0 Å². The summed E-state index contributed by atoms with van der Waals surface area (Å²) in [7, 11) is -3.77. The number of aryl methyl sites for hydroxylation is 1. The Labute approximate surface area is 117 Å². The van der Waals surface area contributed by atoms with E-state index < -0.39 is 16.0 Å². The number of aromatic carboxylic acids is 1. The van der Waals surface area contributed by atoms with Crippen LogP contribution in [0.25, 0.3) is 0 Å². The first-order valence-corrected chi connectivity index (χ1v) is 7.65. The molecule has 2 rings (SSSR count). The molecule has 1 fully saturated rings. The van der Waals surface area contributed by atoms with Crippen LogP contribution in [0.4, 0.5) is 0 Å². The highest BCUT2D eigenvalue weighted by atomic mass is 32.2. The zero-order valence-corrected chi connectivity index (χ0v) is 12.3. The van der Waals surface area contributed by atoms with E-state index in [1.807, 2.05) is 0 Å². The monoisotopic (exact) mass is 303 g/mol. The van der Waals surface area contributed by atoms with Gasteiger partial charge in [0.1, 0.15) is 10.7 Å². The van der Waals surface area contributed by atoms with Gasteiger partial charge in [-0.15, -0.1) is 0 Å². The van der Waals surface area contributed by atoms with Crippen molar-refractivity contribution in [3.63, 3.8) is 0 Å².